The summed E-state index contributed by atoms with van der Waals surface area (Å²) in [4.78, 5) is 9.72. The van der Waals surface area contributed by atoms with Crippen LogP contribution in [0.2, 0.25) is 5.02 Å². The first-order valence-electron chi connectivity index (χ1n) is 4.93. The lowest BCUT2D eigenvalue weighted by Gasteiger charge is -2.06. The third-order valence-electron chi connectivity index (χ3n) is 1.93. The minimum Gasteiger partial charge on any atom is -0.236 e. The van der Waals surface area contributed by atoms with Gasteiger partial charge in [-0.05, 0) is 18.6 Å². The number of unbranched alkanes of at least 4 members (excludes halogenated alkanes) is 1. The van der Waals surface area contributed by atoms with Crippen molar-refractivity contribution >= 4 is 11.6 Å². The van der Waals surface area contributed by atoms with Gasteiger partial charge in [0.05, 0.1) is 6.61 Å². The fraction of sp³-hybridized carbons (Fsp3) is 0.455. The molecule has 15 heavy (non-hydrogen) atoms. The molecule has 0 saturated heterocycles. The molecule has 2 nitrogen and oxygen atoms in total. The lowest BCUT2D eigenvalue weighted by molar-refractivity contribution is -0.304. The first-order valence-corrected chi connectivity index (χ1v) is 5.30. The summed E-state index contributed by atoms with van der Waals surface area (Å²) in [6.07, 6.45) is 1.95. The molecular formula is C11H14ClFO2. The largest absolute Gasteiger partial charge is 0.236 e. The van der Waals surface area contributed by atoms with Gasteiger partial charge in [-0.25, -0.2) is 14.2 Å². The molecule has 0 fully saturated rings. The summed E-state index contributed by atoms with van der Waals surface area (Å²) in [5.41, 5.74) is 0.329. The standard InChI is InChI=1S/C11H14ClFO2/c1-2-3-7-14-15-8-9-10(12)5-4-6-11(9)13/h4-6H,2-3,7-8H2,1H3. The Morgan fingerprint density at radius 1 is 1.33 bits per heavy atom. The number of rotatable bonds is 6. The molecule has 0 N–H and O–H groups in total. The van der Waals surface area contributed by atoms with Crippen LogP contribution in [0.15, 0.2) is 18.2 Å². The average Bonchev–Trinajstić information content (AvgIpc) is 2.21. The van der Waals surface area contributed by atoms with E-state index in [0.29, 0.717) is 17.2 Å². The smallest absolute Gasteiger partial charge is 0.130 e. The highest BCUT2D eigenvalue weighted by atomic mass is 35.5. The first-order chi connectivity index (χ1) is 7.25. The summed E-state index contributed by atoms with van der Waals surface area (Å²) in [6.45, 7) is 2.61. The number of halogens is 2. The summed E-state index contributed by atoms with van der Waals surface area (Å²) < 4.78 is 13.2. The lowest BCUT2D eigenvalue weighted by Crippen LogP contribution is -1.99. The molecule has 0 aliphatic heterocycles. The molecule has 0 amide bonds. The summed E-state index contributed by atoms with van der Waals surface area (Å²) in [5, 5.41) is 0.356. The molecule has 0 aromatic heterocycles. The van der Waals surface area contributed by atoms with E-state index in [4.69, 9.17) is 21.4 Å². The van der Waals surface area contributed by atoms with Gasteiger partial charge in [-0.15, -0.1) is 0 Å². The molecule has 1 aromatic carbocycles. The minimum atomic E-state index is -0.374. The monoisotopic (exact) mass is 232 g/mol. The Balaban J connectivity index is 2.37. The Kier molecular flexibility index (Phi) is 5.61. The van der Waals surface area contributed by atoms with E-state index in [0.717, 1.165) is 12.8 Å². The van der Waals surface area contributed by atoms with Gasteiger partial charge in [-0.3, -0.25) is 0 Å². The van der Waals surface area contributed by atoms with Gasteiger partial charge >= 0.3 is 0 Å². The highest BCUT2D eigenvalue weighted by molar-refractivity contribution is 6.31. The summed E-state index contributed by atoms with van der Waals surface area (Å²) >= 11 is 5.79. The van der Waals surface area contributed by atoms with Gasteiger partial charge in [0, 0.05) is 10.6 Å². The van der Waals surface area contributed by atoms with Crippen molar-refractivity contribution in [2.45, 2.75) is 26.4 Å². The van der Waals surface area contributed by atoms with Gasteiger partial charge in [0.25, 0.3) is 0 Å². The second-order valence-electron chi connectivity index (χ2n) is 3.14. The molecule has 0 saturated carbocycles. The van der Waals surface area contributed by atoms with Crippen LogP contribution in [0.4, 0.5) is 4.39 Å². The summed E-state index contributed by atoms with van der Waals surface area (Å²) in [7, 11) is 0. The van der Waals surface area contributed by atoms with Crippen molar-refractivity contribution in [3.05, 3.63) is 34.6 Å². The molecule has 0 radical (unpaired) electrons. The van der Waals surface area contributed by atoms with Crippen LogP contribution in [-0.2, 0) is 16.4 Å². The van der Waals surface area contributed by atoms with E-state index in [1.807, 2.05) is 0 Å². The van der Waals surface area contributed by atoms with Crippen LogP contribution in [0.5, 0.6) is 0 Å². The van der Waals surface area contributed by atoms with E-state index in [9.17, 15) is 4.39 Å². The van der Waals surface area contributed by atoms with E-state index < -0.39 is 0 Å². The van der Waals surface area contributed by atoms with Crippen molar-refractivity contribution in [3.8, 4) is 0 Å². The SMILES string of the molecule is CCCCOOCc1c(F)cccc1Cl. The quantitative estimate of drug-likeness (QED) is 0.423. The zero-order valence-corrected chi connectivity index (χ0v) is 9.39. The van der Waals surface area contributed by atoms with Gasteiger partial charge in [-0.2, -0.15) is 0 Å². The van der Waals surface area contributed by atoms with E-state index in [1.54, 1.807) is 12.1 Å². The molecule has 0 heterocycles. The van der Waals surface area contributed by atoms with Crippen LogP contribution in [0, 0.1) is 5.82 Å². The molecule has 0 spiro atoms. The maximum atomic E-state index is 13.2. The minimum absolute atomic E-state index is 0.0369. The van der Waals surface area contributed by atoms with Crippen LogP contribution >= 0.6 is 11.6 Å². The lowest BCUT2D eigenvalue weighted by atomic mass is 10.2. The van der Waals surface area contributed by atoms with Crippen LogP contribution in [0.25, 0.3) is 0 Å². The molecule has 0 aliphatic carbocycles. The highest BCUT2D eigenvalue weighted by Crippen LogP contribution is 2.19. The Morgan fingerprint density at radius 2 is 2.13 bits per heavy atom. The maximum Gasteiger partial charge on any atom is 0.130 e. The van der Waals surface area contributed by atoms with E-state index in [2.05, 4.69) is 6.92 Å². The molecule has 1 aromatic rings. The molecule has 1 rings (SSSR count). The fourth-order valence-corrected chi connectivity index (χ4v) is 1.25. The second-order valence-corrected chi connectivity index (χ2v) is 3.55. The van der Waals surface area contributed by atoms with Crippen molar-refractivity contribution in [3.63, 3.8) is 0 Å². The average molecular weight is 233 g/mol. The molecule has 0 atom stereocenters. The normalized spacial score (nSPS) is 10.6. The molecule has 84 valence electrons. The zero-order chi connectivity index (χ0) is 11.1. The molecule has 0 unspecified atom stereocenters. The number of hydrogen-bond acceptors (Lipinski definition) is 2. The highest BCUT2D eigenvalue weighted by Gasteiger charge is 2.06. The van der Waals surface area contributed by atoms with Crippen molar-refractivity contribution in [2.24, 2.45) is 0 Å². The van der Waals surface area contributed by atoms with E-state index >= 15 is 0 Å². The summed E-state index contributed by atoms with van der Waals surface area (Å²) in [5.74, 6) is -0.374. The Bertz CT molecular complexity index is 284. The Hall–Kier alpha value is -0.640. The van der Waals surface area contributed by atoms with Gasteiger partial charge in [0.15, 0.2) is 0 Å². The van der Waals surface area contributed by atoms with Crippen LogP contribution in [0.1, 0.15) is 25.3 Å². The van der Waals surface area contributed by atoms with Gasteiger partial charge < -0.3 is 0 Å². The van der Waals surface area contributed by atoms with Gasteiger partial charge in [-0.1, -0.05) is 31.0 Å². The third kappa shape index (κ3) is 4.16. The molecular weight excluding hydrogens is 219 g/mol. The molecule has 0 bridgehead atoms. The maximum absolute atomic E-state index is 13.2. The first kappa shape index (κ1) is 12.4. The molecule has 4 heteroatoms. The van der Waals surface area contributed by atoms with Crippen LogP contribution in [-0.4, -0.2) is 6.61 Å². The van der Waals surface area contributed by atoms with Gasteiger partial charge in [0.2, 0.25) is 0 Å². The van der Waals surface area contributed by atoms with E-state index in [-0.39, 0.29) is 12.4 Å². The zero-order valence-electron chi connectivity index (χ0n) is 8.63. The van der Waals surface area contributed by atoms with Crippen LogP contribution < -0.4 is 0 Å². The number of hydrogen-bond donors (Lipinski definition) is 0. The Labute approximate surface area is 93.9 Å². The van der Waals surface area contributed by atoms with Gasteiger partial charge in [0.1, 0.15) is 12.4 Å². The van der Waals surface area contributed by atoms with Crippen molar-refractivity contribution < 1.29 is 14.2 Å². The number of benzene rings is 1. The topological polar surface area (TPSA) is 18.5 Å². The molecule has 0 aliphatic rings. The van der Waals surface area contributed by atoms with Crippen molar-refractivity contribution in [2.75, 3.05) is 6.61 Å². The van der Waals surface area contributed by atoms with E-state index in [1.165, 1.54) is 6.07 Å². The fourth-order valence-electron chi connectivity index (χ4n) is 1.03. The van der Waals surface area contributed by atoms with Crippen molar-refractivity contribution in [1.82, 2.24) is 0 Å². The summed E-state index contributed by atoms with van der Waals surface area (Å²) in [6, 6.07) is 4.52. The Morgan fingerprint density at radius 3 is 2.80 bits per heavy atom. The second kappa shape index (κ2) is 6.77. The van der Waals surface area contributed by atoms with Crippen molar-refractivity contribution in [1.29, 1.82) is 0 Å². The van der Waals surface area contributed by atoms with Crippen LogP contribution in [0.3, 0.4) is 0 Å². The predicted octanol–water partition coefficient (Wildman–Crippen LogP) is 3.73. The third-order valence-corrected chi connectivity index (χ3v) is 2.28. The predicted molar refractivity (Wildman–Crippen MR) is 57.1 cm³/mol.